The highest BCUT2D eigenvalue weighted by Crippen LogP contribution is 2.33. The molecule has 8 heteroatoms. The van der Waals surface area contributed by atoms with Crippen LogP contribution in [-0.2, 0) is 17.1 Å². The molecule has 1 saturated heterocycles. The maximum Gasteiger partial charge on any atom is 0.211 e. The molecule has 112 valence electrons. The van der Waals surface area contributed by atoms with Gasteiger partial charge < -0.3 is 4.57 Å². The molecule has 0 aromatic carbocycles. The van der Waals surface area contributed by atoms with Crippen LogP contribution in [0.4, 0.5) is 0 Å². The monoisotopic (exact) mass is 307 g/mol. The van der Waals surface area contributed by atoms with Crippen molar-refractivity contribution in [3.8, 4) is 11.5 Å². The Balaban J connectivity index is 1.99. The summed E-state index contributed by atoms with van der Waals surface area (Å²) in [5.74, 6) is 0.716. The van der Waals surface area contributed by atoms with Crippen LogP contribution in [0.1, 0.15) is 24.6 Å². The number of hydrogen-bond donors (Lipinski definition) is 0. The van der Waals surface area contributed by atoms with Crippen molar-refractivity contribution in [2.75, 3.05) is 12.8 Å². The number of rotatable bonds is 3. The van der Waals surface area contributed by atoms with Gasteiger partial charge in [-0.15, -0.1) is 0 Å². The predicted octanol–water partition coefficient (Wildman–Crippen LogP) is 0.974. The van der Waals surface area contributed by atoms with E-state index in [0.29, 0.717) is 23.8 Å². The molecule has 7 nitrogen and oxygen atoms in total. The van der Waals surface area contributed by atoms with Crippen LogP contribution in [0.15, 0.2) is 24.8 Å². The zero-order chi connectivity index (χ0) is 15.0. The minimum absolute atomic E-state index is 0.229. The topological polar surface area (TPSA) is 81.0 Å². The van der Waals surface area contributed by atoms with Gasteiger partial charge >= 0.3 is 0 Å². The van der Waals surface area contributed by atoms with Gasteiger partial charge in [0.15, 0.2) is 5.82 Å². The van der Waals surface area contributed by atoms with Crippen molar-refractivity contribution in [2.24, 2.45) is 7.05 Å². The Labute approximate surface area is 123 Å². The van der Waals surface area contributed by atoms with E-state index in [0.717, 1.165) is 12.8 Å². The van der Waals surface area contributed by atoms with Gasteiger partial charge in [0.2, 0.25) is 10.0 Å². The van der Waals surface area contributed by atoms with Crippen molar-refractivity contribution in [1.82, 2.24) is 23.8 Å². The van der Waals surface area contributed by atoms with Crippen LogP contribution < -0.4 is 0 Å². The zero-order valence-corrected chi connectivity index (χ0v) is 12.8. The first-order chi connectivity index (χ1) is 9.97. The molecule has 0 aliphatic carbocycles. The van der Waals surface area contributed by atoms with Gasteiger partial charge in [-0.3, -0.25) is 4.98 Å². The summed E-state index contributed by atoms with van der Waals surface area (Å²) in [5.41, 5.74) is 1.33. The fourth-order valence-corrected chi connectivity index (χ4v) is 3.83. The number of sulfonamides is 1. The van der Waals surface area contributed by atoms with Crippen LogP contribution >= 0.6 is 0 Å². The fraction of sp³-hybridized carbons (Fsp3) is 0.462. The van der Waals surface area contributed by atoms with Crippen LogP contribution in [0, 0.1) is 0 Å². The molecule has 0 bridgehead atoms. The van der Waals surface area contributed by atoms with Crippen molar-refractivity contribution in [1.29, 1.82) is 0 Å². The van der Waals surface area contributed by atoms with Crippen molar-refractivity contribution in [2.45, 2.75) is 18.9 Å². The molecule has 0 spiro atoms. The molecule has 0 N–H and O–H groups in total. The van der Waals surface area contributed by atoms with E-state index in [1.807, 2.05) is 17.8 Å². The second kappa shape index (κ2) is 5.19. The highest BCUT2D eigenvalue weighted by molar-refractivity contribution is 7.88. The highest BCUT2D eigenvalue weighted by atomic mass is 32.2. The largest absolute Gasteiger partial charge is 0.333 e. The van der Waals surface area contributed by atoms with E-state index in [-0.39, 0.29) is 6.04 Å². The van der Waals surface area contributed by atoms with Crippen molar-refractivity contribution in [3.05, 3.63) is 30.5 Å². The first-order valence-corrected chi connectivity index (χ1v) is 8.58. The molecule has 2 aromatic heterocycles. The molecular weight excluding hydrogens is 290 g/mol. The lowest BCUT2D eigenvalue weighted by atomic mass is 10.1. The molecule has 1 aliphatic heterocycles. The highest BCUT2D eigenvalue weighted by Gasteiger charge is 2.33. The van der Waals surface area contributed by atoms with Crippen molar-refractivity contribution < 1.29 is 8.42 Å². The predicted molar refractivity (Wildman–Crippen MR) is 77.8 cm³/mol. The van der Waals surface area contributed by atoms with Crippen LogP contribution in [0.2, 0.25) is 0 Å². The summed E-state index contributed by atoms with van der Waals surface area (Å²) in [6, 6.07) is -0.229. The minimum Gasteiger partial charge on any atom is -0.333 e. The second-order valence-corrected chi connectivity index (χ2v) is 7.16. The lowest BCUT2D eigenvalue weighted by molar-refractivity contribution is 0.393. The van der Waals surface area contributed by atoms with Gasteiger partial charge in [-0.05, 0) is 12.8 Å². The summed E-state index contributed by atoms with van der Waals surface area (Å²) < 4.78 is 27.0. The Morgan fingerprint density at radius 2 is 2.14 bits per heavy atom. The molecule has 1 atom stereocenters. The van der Waals surface area contributed by atoms with Crippen LogP contribution in [0.3, 0.4) is 0 Å². The SMILES string of the molecule is Cn1ccnc1-c1cncc([C@@H]2CCCN2S(C)(=O)=O)n1. The standard InChI is InChI=1S/C13H17N5O2S/c1-17-7-5-15-13(17)11-9-14-8-10(16-11)12-4-3-6-18(12)21(2,19)20/h5,7-9,12H,3-4,6H2,1-2H3/t12-/m0/s1. The first kappa shape index (κ1) is 14.2. The Hall–Kier alpha value is -1.80. The summed E-state index contributed by atoms with van der Waals surface area (Å²) in [6.45, 7) is 0.539. The lowest BCUT2D eigenvalue weighted by Gasteiger charge is -2.21. The number of hydrogen-bond acceptors (Lipinski definition) is 5. The molecule has 2 aromatic rings. The van der Waals surface area contributed by atoms with Crippen LogP contribution in [0.5, 0.6) is 0 Å². The maximum atomic E-state index is 11.8. The average Bonchev–Trinajstić information content (AvgIpc) is 3.06. The smallest absolute Gasteiger partial charge is 0.211 e. The number of aromatic nitrogens is 4. The maximum absolute atomic E-state index is 11.8. The molecule has 3 rings (SSSR count). The van der Waals surface area contributed by atoms with E-state index in [1.54, 1.807) is 18.6 Å². The normalized spacial score (nSPS) is 20.0. The Kier molecular flexibility index (Phi) is 3.50. The van der Waals surface area contributed by atoms with E-state index >= 15 is 0 Å². The molecule has 0 saturated carbocycles. The van der Waals surface area contributed by atoms with E-state index in [9.17, 15) is 8.42 Å². The molecule has 0 radical (unpaired) electrons. The van der Waals surface area contributed by atoms with Gasteiger partial charge in [0.05, 0.1) is 30.4 Å². The number of aryl methyl sites for hydroxylation is 1. The Bertz CT molecular complexity index is 755. The Morgan fingerprint density at radius 3 is 2.81 bits per heavy atom. The van der Waals surface area contributed by atoms with Crippen LogP contribution in [-0.4, -0.2) is 45.0 Å². The zero-order valence-electron chi connectivity index (χ0n) is 12.0. The summed E-state index contributed by atoms with van der Waals surface area (Å²) in [5, 5.41) is 0. The van der Waals surface area contributed by atoms with E-state index in [4.69, 9.17) is 0 Å². The first-order valence-electron chi connectivity index (χ1n) is 6.73. The van der Waals surface area contributed by atoms with Crippen LogP contribution in [0.25, 0.3) is 11.5 Å². The second-order valence-electron chi connectivity index (χ2n) is 5.22. The van der Waals surface area contributed by atoms with Gasteiger partial charge in [0, 0.05) is 26.0 Å². The fourth-order valence-electron chi connectivity index (χ4n) is 2.69. The van der Waals surface area contributed by atoms with Gasteiger partial charge in [-0.1, -0.05) is 0 Å². The molecule has 0 amide bonds. The summed E-state index contributed by atoms with van der Waals surface area (Å²) in [6.07, 6.45) is 9.66. The van der Waals surface area contributed by atoms with Gasteiger partial charge in [-0.25, -0.2) is 18.4 Å². The summed E-state index contributed by atoms with van der Waals surface area (Å²) >= 11 is 0. The molecule has 3 heterocycles. The van der Waals surface area contributed by atoms with Gasteiger partial charge in [0.25, 0.3) is 0 Å². The van der Waals surface area contributed by atoms with E-state index in [1.165, 1.54) is 10.6 Å². The summed E-state index contributed by atoms with van der Waals surface area (Å²) in [4.78, 5) is 13.0. The van der Waals surface area contributed by atoms with E-state index < -0.39 is 10.0 Å². The molecule has 0 unspecified atom stereocenters. The van der Waals surface area contributed by atoms with Crippen molar-refractivity contribution in [3.63, 3.8) is 0 Å². The molecule has 21 heavy (non-hydrogen) atoms. The molecule has 1 aliphatic rings. The number of imidazole rings is 1. The number of nitrogens with zero attached hydrogens (tertiary/aromatic N) is 5. The van der Waals surface area contributed by atoms with Gasteiger partial charge in [0.1, 0.15) is 5.69 Å². The minimum atomic E-state index is -3.23. The third-order valence-corrected chi connectivity index (χ3v) is 4.96. The third-order valence-electron chi connectivity index (χ3n) is 3.67. The quantitative estimate of drug-likeness (QED) is 0.844. The molecule has 1 fully saturated rings. The van der Waals surface area contributed by atoms with Crippen molar-refractivity contribution >= 4 is 10.0 Å². The third kappa shape index (κ3) is 2.68. The average molecular weight is 307 g/mol. The van der Waals surface area contributed by atoms with Gasteiger partial charge in [-0.2, -0.15) is 4.31 Å². The molecular formula is C13H17N5O2S. The lowest BCUT2D eigenvalue weighted by Crippen LogP contribution is -2.30. The Morgan fingerprint density at radius 1 is 1.33 bits per heavy atom. The van der Waals surface area contributed by atoms with E-state index in [2.05, 4.69) is 15.0 Å². The summed E-state index contributed by atoms with van der Waals surface area (Å²) in [7, 11) is -1.35.